The number of carbonyl (C=O) groups is 1. The smallest absolute Gasteiger partial charge is 0.256 e. The Kier molecular flexibility index (Phi) is 6.29. The molecule has 1 fully saturated rings. The fraction of sp³-hybridized carbons (Fsp3) is 0.238. The normalized spacial score (nSPS) is 14.8. The van der Waals surface area contributed by atoms with Crippen LogP contribution in [-0.2, 0) is 6.54 Å². The molecule has 3 aromatic rings. The van der Waals surface area contributed by atoms with E-state index in [2.05, 4.69) is 22.5 Å². The molecule has 1 amide bonds. The van der Waals surface area contributed by atoms with Gasteiger partial charge in [0.25, 0.3) is 5.91 Å². The van der Waals surface area contributed by atoms with Crippen molar-refractivity contribution in [3.63, 3.8) is 0 Å². The summed E-state index contributed by atoms with van der Waals surface area (Å²) in [7, 11) is 0. The van der Waals surface area contributed by atoms with Gasteiger partial charge >= 0.3 is 0 Å². The number of anilines is 1. The van der Waals surface area contributed by atoms with Crippen molar-refractivity contribution in [3.05, 3.63) is 82.5 Å². The van der Waals surface area contributed by atoms with Gasteiger partial charge in [0.2, 0.25) is 0 Å². The van der Waals surface area contributed by atoms with Crippen molar-refractivity contribution in [1.29, 1.82) is 0 Å². The number of carbonyl (C=O) groups excluding carboxylic acids is 1. The quantitative estimate of drug-likeness (QED) is 0.564. The molecule has 1 aliphatic heterocycles. The van der Waals surface area contributed by atoms with Crippen LogP contribution in [0.2, 0.25) is 5.02 Å². The molecule has 1 saturated heterocycles. The number of amides is 1. The molecule has 2 aromatic carbocycles. The van der Waals surface area contributed by atoms with Crippen LogP contribution in [0.3, 0.4) is 0 Å². The summed E-state index contributed by atoms with van der Waals surface area (Å²) in [6.45, 7) is 0.564. The Labute approximate surface area is 178 Å². The maximum absolute atomic E-state index is 12.7. The summed E-state index contributed by atoms with van der Waals surface area (Å²) in [5, 5.41) is 7.98. The monoisotopic (exact) mass is 429 g/mol. The molecule has 1 aliphatic rings. The third-order valence-corrected chi connectivity index (χ3v) is 7.74. The number of rotatable bonds is 5. The summed E-state index contributed by atoms with van der Waals surface area (Å²) in [5.74, 6) is 2.95. The maximum Gasteiger partial charge on any atom is 0.256 e. The number of halogens is 1. The zero-order valence-corrected chi connectivity index (χ0v) is 17.6. The van der Waals surface area contributed by atoms with E-state index < -0.39 is 0 Å². The first-order chi connectivity index (χ1) is 13.7. The second kappa shape index (κ2) is 9.07. The van der Waals surface area contributed by atoms with Crippen LogP contribution in [0.4, 0.5) is 5.82 Å². The SMILES string of the molecule is O=C(Nc1ccnn1Cc1ccc(Cl)cc1)c1ccc(C2SCCCS2)cc1. The van der Waals surface area contributed by atoms with E-state index in [-0.39, 0.29) is 5.91 Å². The molecule has 0 bridgehead atoms. The van der Waals surface area contributed by atoms with Gasteiger partial charge < -0.3 is 5.32 Å². The third-order valence-electron chi connectivity index (χ3n) is 4.48. The number of nitrogens with zero attached hydrogens (tertiary/aromatic N) is 2. The minimum Gasteiger partial charge on any atom is -0.307 e. The minimum atomic E-state index is -0.131. The van der Waals surface area contributed by atoms with Crippen molar-refractivity contribution in [2.24, 2.45) is 0 Å². The van der Waals surface area contributed by atoms with Crippen LogP contribution < -0.4 is 5.32 Å². The molecule has 0 saturated carbocycles. The Morgan fingerprint density at radius 1 is 1.07 bits per heavy atom. The van der Waals surface area contributed by atoms with Gasteiger partial charge in [0.05, 0.1) is 17.3 Å². The highest BCUT2D eigenvalue weighted by atomic mass is 35.5. The lowest BCUT2D eigenvalue weighted by molar-refractivity contribution is 0.102. The molecular formula is C21H20ClN3OS2. The topological polar surface area (TPSA) is 46.9 Å². The molecule has 0 radical (unpaired) electrons. The van der Waals surface area contributed by atoms with Crippen LogP contribution in [0.5, 0.6) is 0 Å². The lowest BCUT2D eigenvalue weighted by atomic mass is 10.1. The van der Waals surface area contributed by atoms with E-state index in [9.17, 15) is 4.79 Å². The van der Waals surface area contributed by atoms with Crippen molar-refractivity contribution in [1.82, 2.24) is 9.78 Å². The number of aromatic nitrogens is 2. The molecule has 0 aliphatic carbocycles. The molecule has 0 spiro atoms. The van der Waals surface area contributed by atoms with Gasteiger partial charge in [-0.2, -0.15) is 5.10 Å². The number of hydrogen-bond acceptors (Lipinski definition) is 4. The van der Waals surface area contributed by atoms with Gasteiger partial charge in [-0.05, 0) is 53.3 Å². The van der Waals surface area contributed by atoms with E-state index in [4.69, 9.17) is 11.6 Å². The molecule has 1 aromatic heterocycles. The zero-order valence-electron chi connectivity index (χ0n) is 15.2. The van der Waals surface area contributed by atoms with Crippen LogP contribution in [0.1, 0.15) is 32.5 Å². The Hall–Kier alpha value is -1.89. The summed E-state index contributed by atoms with van der Waals surface area (Å²) in [4.78, 5) is 12.7. The fourth-order valence-electron chi connectivity index (χ4n) is 2.99. The average Bonchev–Trinajstić information content (AvgIpc) is 3.17. The number of hydrogen-bond donors (Lipinski definition) is 1. The summed E-state index contributed by atoms with van der Waals surface area (Å²) >= 11 is 9.90. The number of nitrogens with one attached hydrogen (secondary N) is 1. The Morgan fingerprint density at radius 3 is 2.50 bits per heavy atom. The summed E-state index contributed by atoms with van der Waals surface area (Å²) in [6.07, 6.45) is 2.96. The van der Waals surface area contributed by atoms with Crippen molar-refractivity contribution in [2.45, 2.75) is 17.5 Å². The summed E-state index contributed by atoms with van der Waals surface area (Å²) in [5.41, 5.74) is 2.99. The minimum absolute atomic E-state index is 0.131. The highest BCUT2D eigenvalue weighted by molar-refractivity contribution is 8.16. The molecule has 28 heavy (non-hydrogen) atoms. The van der Waals surface area contributed by atoms with E-state index in [0.717, 1.165) is 5.56 Å². The van der Waals surface area contributed by atoms with Crippen LogP contribution in [0, 0.1) is 0 Å². The Bertz CT molecular complexity index is 935. The van der Waals surface area contributed by atoms with Gasteiger partial charge in [0.15, 0.2) is 0 Å². The van der Waals surface area contributed by atoms with Crippen LogP contribution in [0.25, 0.3) is 0 Å². The van der Waals surface area contributed by atoms with Crippen molar-refractivity contribution in [3.8, 4) is 0 Å². The molecule has 1 N–H and O–H groups in total. The van der Waals surface area contributed by atoms with Crippen LogP contribution in [0.15, 0.2) is 60.8 Å². The van der Waals surface area contributed by atoms with Gasteiger partial charge in [0.1, 0.15) is 5.82 Å². The molecule has 4 nitrogen and oxygen atoms in total. The number of benzene rings is 2. The second-order valence-corrected chi connectivity index (χ2v) is 9.66. The van der Waals surface area contributed by atoms with E-state index in [1.165, 1.54) is 23.5 Å². The maximum atomic E-state index is 12.7. The van der Waals surface area contributed by atoms with Gasteiger partial charge in [-0.15, -0.1) is 23.5 Å². The van der Waals surface area contributed by atoms with Crippen molar-refractivity contribution < 1.29 is 4.79 Å². The lowest BCUT2D eigenvalue weighted by Crippen LogP contribution is -2.16. The highest BCUT2D eigenvalue weighted by Crippen LogP contribution is 2.43. The predicted octanol–water partition coefficient (Wildman–Crippen LogP) is 5.71. The van der Waals surface area contributed by atoms with E-state index in [1.54, 1.807) is 16.9 Å². The predicted molar refractivity (Wildman–Crippen MR) is 119 cm³/mol. The van der Waals surface area contributed by atoms with E-state index >= 15 is 0 Å². The first kappa shape index (κ1) is 19.4. The molecule has 0 unspecified atom stereocenters. The summed E-state index contributed by atoms with van der Waals surface area (Å²) in [6, 6.07) is 17.3. The highest BCUT2D eigenvalue weighted by Gasteiger charge is 2.17. The molecular weight excluding hydrogens is 410 g/mol. The first-order valence-corrected chi connectivity index (χ1v) is 11.6. The van der Waals surface area contributed by atoms with Gasteiger partial charge in [-0.3, -0.25) is 4.79 Å². The molecule has 7 heteroatoms. The standard InChI is InChI=1S/C21H20ClN3OS2/c22-18-8-2-15(3-9-18)14-25-19(10-11-23-25)24-20(26)16-4-6-17(7-5-16)21-27-12-1-13-28-21/h2-11,21H,1,12-14H2,(H,24,26). The van der Waals surface area contributed by atoms with Gasteiger partial charge in [-0.25, -0.2) is 4.68 Å². The van der Waals surface area contributed by atoms with Crippen LogP contribution >= 0.6 is 35.1 Å². The lowest BCUT2D eigenvalue weighted by Gasteiger charge is -2.21. The largest absolute Gasteiger partial charge is 0.307 e. The fourth-order valence-corrected chi connectivity index (χ4v) is 6.01. The zero-order chi connectivity index (χ0) is 19.3. The molecule has 144 valence electrons. The summed E-state index contributed by atoms with van der Waals surface area (Å²) < 4.78 is 2.25. The van der Waals surface area contributed by atoms with Gasteiger partial charge in [0, 0.05) is 16.7 Å². The van der Waals surface area contributed by atoms with Crippen molar-refractivity contribution >= 4 is 46.8 Å². The van der Waals surface area contributed by atoms with Gasteiger partial charge in [-0.1, -0.05) is 35.9 Å². The first-order valence-electron chi connectivity index (χ1n) is 9.10. The Morgan fingerprint density at radius 2 is 1.79 bits per heavy atom. The van der Waals surface area contributed by atoms with Crippen molar-refractivity contribution in [2.75, 3.05) is 16.8 Å². The third kappa shape index (κ3) is 4.74. The van der Waals surface area contributed by atoms with E-state index in [0.29, 0.717) is 27.5 Å². The van der Waals surface area contributed by atoms with E-state index in [1.807, 2.05) is 59.9 Å². The second-order valence-electron chi connectivity index (χ2n) is 6.50. The number of thioether (sulfide) groups is 2. The molecule has 2 heterocycles. The molecule has 0 atom stereocenters. The van der Waals surface area contributed by atoms with Crippen LogP contribution in [-0.4, -0.2) is 27.2 Å². The average molecular weight is 430 g/mol. The molecule has 4 rings (SSSR count). The Balaban J connectivity index is 1.42.